The van der Waals surface area contributed by atoms with Crippen LogP contribution in [0.5, 0.6) is 0 Å². The van der Waals surface area contributed by atoms with Crippen LogP contribution in [-0.4, -0.2) is 31.7 Å². The molecule has 0 fully saturated rings. The first kappa shape index (κ1) is 15.4. The number of hydrogen-bond acceptors (Lipinski definition) is 5. The molecule has 2 aromatic rings. The molecule has 0 unspecified atom stereocenters. The summed E-state index contributed by atoms with van der Waals surface area (Å²) in [6.45, 7) is 5.44. The summed E-state index contributed by atoms with van der Waals surface area (Å²) in [5, 5.41) is 14.1. The Kier molecular flexibility index (Phi) is 5.10. The molecule has 0 radical (unpaired) electrons. The fourth-order valence-electron chi connectivity index (χ4n) is 2.06. The van der Waals surface area contributed by atoms with Gasteiger partial charge in [0.05, 0.1) is 5.60 Å². The van der Waals surface area contributed by atoms with Crippen molar-refractivity contribution in [3.63, 3.8) is 0 Å². The lowest BCUT2D eigenvalue weighted by Crippen LogP contribution is -2.38. The van der Waals surface area contributed by atoms with Gasteiger partial charge in [0.2, 0.25) is 0 Å². The van der Waals surface area contributed by atoms with Crippen molar-refractivity contribution in [2.45, 2.75) is 32.5 Å². The molecule has 2 rings (SSSR count). The van der Waals surface area contributed by atoms with Gasteiger partial charge >= 0.3 is 0 Å². The predicted octanol–water partition coefficient (Wildman–Crippen LogP) is 2.96. The third-order valence-corrected chi connectivity index (χ3v) is 3.73. The Morgan fingerprint density at radius 2 is 1.95 bits per heavy atom. The first-order chi connectivity index (χ1) is 9.44. The Morgan fingerprint density at radius 1 is 1.25 bits per heavy atom. The molecule has 108 valence electrons. The maximum atomic E-state index is 10.1. The quantitative estimate of drug-likeness (QED) is 0.891. The Morgan fingerprint density at radius 3 is 2.50 bits per heavy atom. The van der Waals surface area contributed by atoms with Crippen LogP contribution in [0.4, 0.5) is 0 Å². The van der Waals surface area contributed by atoms with Crippen LogP contribution in [-0.2, 0) is 13.1 Å². The zero-order chi connectivity index (χ0) is 14.6. The van der Waals surface area contributed by atoms with Crippen LogP contribution in [0.3, 0.4) is 0 Å². The fourth-order valence-corrected chi connectivity index (χ4v) is 2.67. The first-order valence-electron chi connectivity index (χ1n) is 6.39. The van der Waals surface area contributed by atoms with Crippen LogP contribution in [0.15, 0.2) is 30.3 Å². The molecule has 6 heteroatoms. The second kappa shape index (κ2) is 6.63. The van der Waals surface area contributed by atoms with Crippen molar-refractivity contribution < 1.29 is 5.11 Å². The molecule has 0 atom stereocenters. The van der Waals surface area contributed by atoms with Crippen molar-refractivity contribution in [1.29, 1.82) is 0 Å². The SMILES string of the molecule is CC(C)(O)CN(Cc1ccccc1)Cc1nnsc1Cl. The average Bonchev–Trinajstić information content (AvgIpc) is 2.74. The van der Waals surface area contributed by atoms with Crippen LogP contribution in [0.25, 0.3) is 0 Å². The van der Waals surface area contributed by atoms with Gasteiger partial charge in [-0.2, -0.15) is 0 Å². The van der Waals surface area contributed by atoms with Crippen molar-refractivity contribution in [3.8, 4) is 0 Å². The van der Waals surface area contributed by atoms with Crippen LogP contribution >= 0.6 is 23.1 Å². The molecule has 0 saturated carbocycles. The van der Waals surface area contributed by atoms with Gasteiger partial charge in [-0.3, -0.25) is 4.90 Å². The van der Waals surface area contributed by atoms with E-state index in [1.54, 1.807) is 13.8 Å². The molecule has 0 spiro atoms. The number of aliphatic hydroxyl groups is 1. The number of halogens is 1. The van der Waals surface area contributed by atoms with Crippen molar-refractivity contribution in [2.75, 3.05) is 6.54 Å². The third kappa shape index (κ3) is 4.83. The molecule has 1 heterocycles. The minimum Gasteiger partial charge on any atom is -0.389 e. The highest BCUT2D eigenvalue weighted by atomic mass is 35.5. The summed E-state index contributed by atoms with van der Waals surface area (Å²) in [6.07, 6.45) is 0. The van der Waals surface area contributed by atoms with E-state index in [9.17, 15) is 5.11 Å². The van der Waals surface area contributed by atoms with Crippen molar-refractivity contribution in [1.82, 2.24) is 14.5 Å². The van der Waals surface area contributed by atoms with Crippen molar-refractivity contribution >= 4 is 23.1 Å². The monoisotopic (exact) mass is 311 g/mol. The lowest BCUT2D eigenvalue weighted by molar-refractivity contribution is 0.0303. The maximum absolute atomic E-state index is 10.1. The lowest BCUT2D eigenvalue weighted by atomic mass is 10.1. The van der Waals surface area contributed by atoms with E-state index in [1.165, 1.54) is 17.1 Å². The Bertz CT molecular complexity index is 539. The number of benzene rings is 1. The van der Waals surface area contributed by atoms with Gasteiger partial charge in [-0.15, -0.1) is 5.10 Å². The summed E-state index contributed by atoms with van der Waals surface area (Å²) in [5.74, 6) is 0. The topological polar surface area (TPSA) is 49.2 Å². The largest absolute Gasteiger partial charge is 0.389 e. The van der Waals surface area contributed by atoms with Crippen molar-refractivity contribution in [2.24, 2.45) is 0 Å². The third-order valence-electron chi connectivity index (χ3n) is 2.74. The van der Waals surface area contributed by atoms with Crippen LogP contribution in [0.2, 0.25) is 4.34 Å². The van der Waals surface area contributed by atoms with Gasteiger partial charge in [0.15, 0.2) is 0 Å². The van der Waals surface area contributed by atoms with Crippen molar-refractivity contribution in [3.05, 3.63) is 45.9 Å². The van der Waals surface area contributed by atoms with E-state index in [2.05, 4.69) is 26.6 Å². The van der Waals surface area contributed by atoms with E-state index in [0.717, 1.165) is 12.2 Å². The molecule has 0 saturated heterocycles. The molecule has 0 aliphatic carbocycles. The van der Waals surface area contributed by atoms with Crippen LogP contribution in [0, 0.1) is 0 Å². The minimum atomic E-state index is -0.773. The molecular weight excluding hydrogens is 294 g/mol. The van der Waals surface area contributed by atoms with E-state index in [-0.39, 0.29) is 0 Å². The summed E-state index contributed by atoms with van der Waals surface area (Å²) in [7, 11) is 0. The molecule has 0 bridgehead atoms. The molecule has 1 aromatic heterocycles. The van der Waals surface area contributed by atoms with E-state index in [4.69, 9.17) is 11.6 Å². The molecule has 20 heavy (non-hydrogen) atoms. The number of rotatable bonds is 6. The molecule has 0 aliphatic heterocycles. The second-order valence-corrected chi connectivity index (χ2v) is 6.79. The molecule has 1 N–H and O–H groups in total. The highest BCUT2D eigenvalue weighted by Gasteiger charge is 2.20. The second-order valence-electron chi connectivity index (χ2n) is 5.44. The van der Waals surface area contributed by atoms with E-state index < -0.39 is 5.60 Å². The zero-order valence-electron chi connectivity index (χ0n) is 11.6. The zero-order valence-corrected chi connectivity index (χ0v) is 13.2. The fraction of sp³-hybridized carbons (Fsp3) is 0.429. The Labute approximate surface area is 128 Å². The standard InChI is InChI=1S/C14H18ClN3OS/c1-14(2,19)10-18(8-11-6-4-3-5-7-11)9-12-13(15)20-17-16-12/h3-7,19H,8-10H2,1-2H3. The highest BCUT2D eigenvalue weighted by Crippen LogP contribution is 2.21. The minimum absolute atomic E-state index is 0.537. The normalized spacial score (nSPS) is 12.1. The molecular formula is C14H18ClN3OS. The summed E-state index contributed by atoms with van der Waals surface area (Å²) < 4.78 is 4.46. The summed E-state index contributed by atoms with van der Waals surface area (Å²) in [5.41, 5.74) is 1.18. The van der Waals surface area contributed by atoms with Gasteiger partial charge in [-0.1, -0.05) is 46.4 Å². The number of nitrogens with zero attached hydrogens (tertiary/aromatic N) is 3. The summed E-state index contributed by atoms with van der Waals surface area (Å²) in [4.78, 5) is 2.12. The van der Waals surface area contributed by atoms with Gasteiger partial charge in [0.25, 0.3) is 0 Å². The van der Waals surface area contributed by atoms with Gasteiger partial charge in [0, 0.05) is 31.2 Å². The summed E-state index contributed by atoms with van der Waals surface area (Å²) in [6, 6.07) is 10.1. The molecule has 0 aliphatic rings. The van der Waals surface area contributed by atoms with Crippen LogP contribution < -0.4 is 0 Å². The smallest absolute Gasteiger partial charge is 0.138 e. The van der Waals surface area contributed by atoms with Gasteiger partial charge in [-0.05, 0) is 19.4 Å². The maximum Gasteiger partial charge on any atom is 0.138 e. The highest BCUT2D eigenvalue weighted by molar-refractivity contribution is 7.10. The Hall–Kier alpha value is -1.01. The first-order valence-corrected chi connectivity index (χ1v) is 7.54. The molecule has 4 nitrogen and oxygen atoms in total. The number of hydrogen-bond donors (Lipinski definition) is 1. The Balaban J connectivity index is 2.10. The van der Waals surface area contributed by atoms with Gasteiger partial charge < -0.3 is 5.11 Å². The van der Waals surface area contributed by atoms with Gasteiger partial charge in [0.1, 0.15) is 10.0 Å². The number of aromatic nitrogens is 2. The van der Waals surface area contributed by atoms with E-state index >= 15 is 0 Å². The summed E-state index contributed by atoms with van der Waals surface area (Å²) >= 11 is 7.25. The van der Waals surface area contributed by atoms with Crippen LogP contribution in [0.1, 0.15) is 25.1 Å². The predicted molar refractivity (Wildman–Crippen MR) is 81.8 cm³/mol. The molecule has 1 aromatic carbocycles. The van der Waals surface area contributed by atoms with E-state index in [1.807, 2.05) is 18.2 Å². The molecule has 0 amide bonds. The lowest BCUT2D eigenvalue weighted by Gasteiger charge is -2.28. The van der Waals surface area contributed by atoms with Gasteiger partial charge in [-0.25, -0.2) is 0 Å². The van der Waals surface area contributed by atoms with E-state index in [0.29, 0.717) is 17.4 Å². The average molecular weight is 312 g/mol.